The highest BCUT2D eigenvalue weighted by atomic mass is 14.9. The first-order valence-corrected chi connectivity index (χ1v) is 3.63. The second kappa shape index (κ2) is 2.33. The van der Waals surface area contributed by atoms with Gasteiger partial charge in [-0.1, -0.05) is 6.07 Å². The van der Waals surface area contributed by atoms with E-state index in [9.17, 15) is 0 Å². The zero-order chi connectivity index (χ0) is 6.81. The van der Waals surface area contributed by atoms with Crippen molar-refractivity contribution in [2.45, 2.75) is 12.8 Å². The summed E-state index contributed by atoms with van der Waals surface area (Å²) in [6.07, 6.45) is 2.38. The predicted octanol–water partition coefficient (Wildman–Crippen LogP) is 1.67. The lowest BCUT2D eigenvalue weighted by atomic mass is 10.0. The summed E-state index contributed by atoms with van der Waals surface area (Å²) in [6, 6.07) is 9.06. The van der Waals surface area contributed by atoms with Gasteiger partial charge >= 0.3 is 0 Å². The number of hydrogen-bond acceptors (Lipinski definition) is 0. The summed E-state index contributed by atoms with van der Waals surface area (Å²) in [6.45, 7) is 0.997. The Labute approximate surface area is 61.1 Å². The van der Waals surface area contributed by atoms with Gasteiger partial charge in [0, 0.05) is 6.54 Å². The van der Waals surface area contributed by atoms with Crippen molar-refractivity contribution in [3.05, 3.63) is 29.8 Å². The van der Waals surface area contributed by atoms with Gasteiger partial charge in [-0.3, -0.25) is 5.32 Å². The Bertz CT molecular complexity index is 205. The highest BCUT2D eigenvalue weighted by Crippen LogP contribution is 2.20. The van der Waals surface area contributed by atoms with Crippen molar-refractivity contribution in [2.75, 3.05) is 6.54 Å². The van der Waals surface area contributed by atoms with Gasteiger partial charge in [-0.15, -0.1) is 0 Å². The molecule has 0 atom stereocenters. The molecule has 0 aliphatic carbocycles. The number of hydrogen-bond donors (Lipinski definition) is 0. The second-order valence-corrected chi connectivity index (χ2v) is 2.54. The first kappa shape index (κ1) is 5.78. The molecular formula is C9H9N. The topological polar surface area (TPSA) is 14.1 Å². The summed E-state index contributed by atoms with van der Waals surface area (Å²) in [5.41, 5.74) is 2.53. The average molecular weight is 131 g/mol. The molecule has 1 heteroatoms. The van der Waals surface area contributed by atoms with Crippen molar-refractivity contribution in [3.63, 3.8) is 0 Å². The molecule has 1 aromatic rings. The molecule has 1 heterocycles. The summed E-state index contributed by atoms with van der Waals surface area (Å²) in [5.74, 6) is 0. The monoisotopic (exact) mass is 131 g/mol. The lowest BCUT2D eigenvalue weighted by molar-refractivity contribution is 0.704. The molecule has 0 amide bonds. The van der Waals surface area contributed by atoms with E-state index in [2.05, 4.69) is 11.4 Å². The molecule has 10 heavy (non-hydrogen) atoms. The van der Waals surface area contributed by atoms with Crippen molar-refractivity contribution in [3.8, 4) is 0 Å². The molecule has 1 aliphatic rings. The number of fused-ring (bicyclic) bond motifs is 1. The minimum atomic E-state index is 0.997. The SMILES string of the molecule is [c]1ccc2c(c1)CCC[N]2. The summed E-state index contributed by atoms with van der Waals surface area (Å²) < 4.78 is 0. The molecule has 0 saturated carbocycles. The zero-order valence-corrected chi connectivity index (χ0v) is 5.80. The van der Waals surface area contributed by atoms with Crippen LogP contribution >= 0.6 is 0 Å². The molecule has 0 N–H and O–H groups in total. The van der Waals surface area contributed by atoms with Crippen molar-refractivity contribution < 1.29 is 0 Å². The van der Waals surface area contributed by atoms with E-state index in [4.69, 9.17) is 0 Å². The van der Waals surface area contributed by atoms with E-state index in [0.29, 0.717) is 0 Å². The van der Waals surface area contributed by atoms with Crippen molar-refractivity contribution in [1.29, 1.82) is 0 Å². The zero-order valence-electron chi connectivity index (χ0n) is 5.80. The van der Waals surface area contributed by atoms with Crippen LogP contribution in [-0.2, 0) is 6.42 Å². The quantitative estimate of drug-likeness (QED) is 0.508. The molecule has 1 nitrogen and oxygen atoms in total. The van der Waals surface area contributed by atoms with Crippen LogP contribution in [0.5, 0.6) is 0 Å². The molecule has 0 aromatic heterocycles. The van der Waals surface area contributed by atoms with Crippen LogP contribution in [0.15, 0.2) is 18.2 Å². The maximum absolute atomic E-state index is 4.37. The van der Waals surface area contributed by atoms with Gasteiger partial charge in [0.1, 0.15) is 0 Å². The van der Waals surface area contributed by atoms with Crippen LogP contribution < -0.4 is 5.32 Å². The van der Waals surface area contributed by atoms with Crippen molar-refractivity contribution in [2.24, 2.45) is 0 Å². The lowest BCUT2D eigenvalue weighted by Crippen LogP contribution is -2.09. The molecule has 50 valence electrons. The van der Waals surface area contributed by atoms with Gasteiger partial charge in [-0.25, -0.2) is 0 Å². The number of nitrogens with zero attached hydrogens (tertiary/aromatic N) is 1. The normalized spacial score (nSPS) is 15.6. The van der Waals surface area contributed by atoms with Gasteiger partial charge in [-0.2, -0.15) is 0 Å². The maximum Gasteiger partial charge on any atom is 0.0606 e. The van der Waals surface area contributed by atoms with E-state index < -0.39 is 0 Å². The second-order valence-electron chi connectivity index (χ2n) is 2.54. The van der Waals surface area contributed by atoms with E-state index in [1.165, 1.54) is 24.1 Å². The van der Waals surface area contributed by atoms with Gasteiger partial charge in [0.05, 0.1) is 5.69 Å². The van der Waals surface area contributed by atoms with Crippen LogP contribution in [0.1, 0.15) is 12.0 Å². The van der Waals surface area contributed by atoms with Crippen LogP contribution in [0, 0.1) is 6.07 Å². The summed E-state index contributed by atoms with van der Waals surface area (Å²) in [7, 11) is 0. The molecule has 0 saturated heterocycles. The molecule has 1 aromatic carbocycles. The largest absolute Gasteiger partial charge is 0.285 e. The van der Waals surface area contributed by atoms with E-state index in [1.807, 2.05) is 18.2 Å². The highest BCUT2D eigenvalue weighted by Gasteiger charge is 2.06. The third-order valence-corrected chi connectivity index (χ3v) is 1.81. The van der Waals surface area contributed by atoms with E-state index in [0.717, 1.165) is 6.54 Å². The van der Waals surface area contributed by atoms with Gasteiger partial charge in [-0.05, 0) is 36.6 Å². The molecule has 0 bridgehead atoms. The summed E-state index contributed by atoms with van der Waals surface area (Å²) in [4.78, 5) is 0. The highest BCUT2D eigenvalue weighted by molar-refractivity contribution is 5.45. The molecule has 2 rings (SSSR count). The molecular weight excluding hydrogens is 122 g/mol. The summed E-state index contributed by atoms with van der Waals surface area (Å²) in [5, 5.41) is 4.37. The fourth-order valence-corrected chi connectivity index (χ4v) is 1.28. The van der Waals surface area contributed by atoms with E-state index in [1.54, 1.807) is 0 Å². The Kier molecular flexibility index (Phi) is 1.35. The molecule has 0 unspecified atom stereocenters. The van der Waals surface area contributed by atoms with Crippen molar-refractivity contribution in [1.82, 2.24) is 5.32 Å². The van der Waals surface area contributed by atoms with Crippen LogP contribution in [0.4, 0.5) is 5.69 Å². The van der Waals surface area contributed by atoms with Gasteiger partial charge < -0.3 is 0 Å². The van der Waals surface area contributed by atoms with E-state index >= 15 is 0 Å². The average Bonchev–Trinajstić information content (AvgIpc) is 2.05. The fraction of sp³-hybridized carbons (Fsp3) is 0.333. The minimum Gasteiger partial charge on any atom is -0.285 e. The van der Waals surface area contributed by atoms with Gasteiger partial charge in [0.15, 0.2) is 0 Å². The minimum absolute atomic E-state index is 0.997. The Morgan fingerprint density at radius 1 is 1.50 bits per heavy atom. The summed E-state index contributed by atoms with van der Waals surface area (Å²) >= 11 is 0. The Morgan fingerprint density at radius 3 is 3.40 bits per heavy atom. The van der Waals surface area contributed by atoms with Gasteiger partial charge in [0.25, 0.3) is 0 Å². The molecule has 1 aliphatic heterocycles. The number of rotatable bonds is 0. The molecule has 0 spiro atoms. The standard InChI is InChI=1S/C9H9N/c1-2-6-9-8(4-1)5-3-7-10-9/h2,4,6H,3,5,7H2. The first-order chi connectivity index (χ1) is 4.97. The maximum atomic E-state index is 4.37. The van der Waals surface area contributed by atoms with Crippen LogP contribution in [0.3, 0.4) is 0 Å². The third kappa shape index (κ3) is 0.878. The fourth-order valence-electron chi connectivity index (χ4n) is 1.28. The van der Waals surface area contributed by atoms with Crippen molar-refractivity contribution >= 4 is 5.69 Å². The Morgan fingerprint density at radius 2 is 2.50 bits per heavy atom. The Hall–Kier alpha value is -0.980. The predicted molar refractivity (Wildman–Crippen MR) is 40.3 cm³/mol. The Balaban J connectivity index is 2.41. The van der Waals surface area contributed by atoms with Crippen LogP contribution in [-0.4, -0.2) is 6.54 Å². The smallest absolute Gasteiger partial charge is 0.0606 e. The third-order valence-electron chi connectivity index (χ3n) is 1.81. The molecule has 2 radical (unpaired) electrons. The van der Waals surface area contributed by atoms with Crippen LogP contribution in [0.2, 0.25) is 0 Å². The molecule has 0 fully saturated rings. The first-order valence-electron chi connectivity index (χ1n) is 3.63. The number of aryl methyl sites for hydroxylation is 1. The number of benzene rings is 1. The van der Waals surface area contributed by atoms with Gasteiger partial charge in [0.2, 0.25) is 0 Å². The lowest BCUT2D eigenvalue weighted by Gasteiger charge is -2.13. The van der Waals surface area contributed by atoms with E-state index in [-0.39, 0.29) is 0 Å². The van der Waals surface area contributed by atoms with Crippen LogP contribution in [0.25, 0.3) is 0 Å².